The van der Waals surface area contributed by atoms with Gasteiger partial charge in [-0.25, -0.2) is 9.79 Å². The fourth-order valence-corrected chi connectivity index (χ4v) is 5.48. The highest BCUT2D eigenvalue weighted by molar-refractivity contribution is 7.07. The molecule has 0 unspecified atom stereocenters. The van der Waals surface area contributed by atoms with E-state index in [1.165, 1.54) is 15.9 Å². The average molecular weight is 565 g/mol. The maximum absolute atomic E-state index is 13.9. The SMILES string of the molecule is C=CCOc1ccc([C@H]2C(C(=O)OCC)=C(C)N=c3sc(=Cc4ccc(OC)c(OC)c4)c(=O)n32)cc1OCC. The van der Waals surface area contributed by atoms with Gasteiger partial charge < -0.3 is 23.7 Å². The largest absolute Gasteiger partial charge is 0.493 e. The first-order chi connectivity index (χ1) is 19.4. The molecule has 0 amide bonds. The van der Waals surface area contributed by atoms with Crippen molar-refractivity contribution >= 4 is 23.4 Å². The number of thiazole rings is 1. The molecule has 40 heavy (non-hydrogen) atoms. The number of benzene rings is 2. The molecule has 0 saturated carbocycles. The van der Waals surface area contributed by atoms with E-state index in [1.54, 1.807) is 64.5 Å². The Morgan fingerprint density at radius 1 is 1.02 bits per heavy atom. The lowest BCUT2D eigenvalue weighted by atomic mass is 9.95. The molecule has 0 N–H and O–H groups in total. The van der Waals surface area contributed by atoms with E-state index < -0.39 is 12.0 Å². The van der Waals surface area contributed by atoms with Gasteiger partial charge in [0.05, 0.1) is 49.3 Å². The summed E-state index contributed by atoms with van der Waals surface area (Å²) in [4.78, 5) is 32.2. The van der Waals surface area contributed by atoms with Gasteiger partial charge >= 0.3 is 5.97 Å². The Bertz CT molecular complexity index is 1630. The van der Waals surface area contributed by atoms with Crippen LogP contribution >= 0.6 is 11.3 Å². The zero-order chi connectivity index (χ0) is 28.8. The Labute approximate surface area is 236 Å². The number of fused-ring (bicyclic) bond motifs is 1. The highest BCUT2D eigenvalue weighted by Gasteiger charge is 2.34. The summed E-state index contributed by atoms with van der Waals surface area (Å²) in [7, 11) is 3.12. The number of hydrogen-bond acceptors (Lipinski definition) is 9. The summed E-state index contributed by atoms with van der Waals surface area (Å²) in [5.41, 5.74) is 1.89. The summed E-state index contributed by atoms with van der Waals surface area (Å²) in [6.45, 7) is 9.94. The highest BCUT2D eigenvalue weighted by atomic mass is 32.1. The van der Waals surface area contributed by atoms with E-state index in [9.17, 15) is 9.59 Å². The van der Waals surface area contributed by atoms with Crippen molar-refractivity contribution in [3.05, 3.63) is 91.1 Å². The number of nitrogens with zero attached hydrogens (tertiary/aromatic N) is 2. The van der Waals surface area contributed by atoms with E-state index in [-0.39, 0.29) is 17.7 Å². The molecule has 1 aromatic heterocycles. The smallest absolute Gasteiger partial charge is 0.338 e. The molecule has 1 atom stereocenters. The van der Waals surface area contributed by atoms with Gasteiger partial charge in [-0.3, -0.25) is 9.36 Å². The number of esters is 1. The lowest BCUT2D eigenvalue weighted by Crippen LogP contribution is -2.40. The van der Waals surface area contributed by atoms with Crippen molar-refractivity contribution in [3.63, 3.8) is 0 Å². The molecule has 10 heteroatoms. The molecular formula is C30H32N2O7S. The standard InChI is InChI=1S/C30H32N2O7S/c1-7-14-39-22-13-11-20(17-24(22)37-8-2)27-26(29(34)38-9-3)18(4)31-30-32(27)28(33)25(40-30)16-19-10-12-21(35-5)23(15-19)36-6/h7,10-13,15-17,27H,1,8-9,14H2,2-6H3/t27-/m0/s1. The van der Waals surface area contributed by atoms with Crippen LogP contribution in [0.3, 0.4) is 0 Å². The Hall–Kier alpha value is -4.31. The van der Waals surface area contributed by atoms with Crippen LogP contribution < -0.4 is 33.8 Å². The van der Waals surface area contributed by atoms with Crippen molar-refractivity contribution in [1.29, 1.82) is 0 Å². The molecule has 0 fully saturated rings. The Morgan fingerprint density at radius 3 is 2.45 bits per heavy atom. The molecule has 4 rings (SSSR count). The number of methoxy groups -OCH3 is 2. The van der Waals surface area contributed by atoms with Gasteiger partial charge in [0.25, 0.3) is 5.56 Å². The molecule has 0 radical (unpaired) electrons. The fourth-order valence-electron chi connectivity index (χ4n) is 4.43. The Kier molecular flexibility index (Phi) is 9.11. The third kappa shape index (κ3) is 5.67. The maximum Gasteiger partial charge on any atom is 0.338 e. The molecule has 0 aliphatic carbocycles. The predicted molar refractivity (Wildman–Crippen MR) is 153 cm³/mol. The van der Waals surface area contributed by atoms with E-state index in [0.29, 0.717) is 56.8 Å². The predicted octanol–water partition coefficient (Wildman–Crippen LogP) is 3.78. The number of carbonyl (C=O) groups is 1. The molecule has 0 spiro atoms. The minimum Gasteiger partial charge on any atom is -0.493 e. The topological polar surface area (TPSA) is 97.6 Å². The van der Waals surface area contributed by atoms with Crippen LogP contribution in [0.4, 0.5) is 0 Å². The normalized spacial score (nSPS) is 14.7. The van der Waals surface area contributed by atoms with Crippen LogP contribution in [0.15, 0.2) is 70.1 Å². The van der Waals surface area contributed by atoms with Gasteiger partial charge in [-0.1, -0.05) is 36.1 Å². The highest BCUT2D eigenvalue weighted by Crippen LogP contribution is 2.36. The monoisotopic (exact) mass is 564 g/mol. The molecule has 0 saturated heterocycles. The average Bonchev–Trinajstić information content (AvgIpc) is 3.25. The molecule has 0 bridgehead atoms. The number of hydrogen-bond donors (Lipinski definition) is 0. The van der Waals surface area contributed by atoms with Crippen LogP contribution in [-0.4, -0.2) is 44.6 Å². The van der Waals surface area contributed by atoms with Crippen LogP contribution in [0.1, 0.15) is 37.9 Å². The van der Waals surface area contributed by atoms with Crippen LogP contribution in [-0.2, 0) is 9.53 Å². The van der Waals surface area contributed by atoms with Crippen molar-refractivity contribution in [2.75, 3.05) is 34.0 Å². The molecule has 2 heterocycles. The van der Waals surface area contributed by atoms with E-state index in [4.69, 9.17) is 23.7 Å². The van der Waals surface area contributed by atoms with E-state index in [0.717, 1.165) is 5.56 Å². The van der Waals surface area contributed by atoms with Gasteiger partial charge in [0, 0.05) is 0 Å². The second kappa shape index (κ2) is 12.7. The number of allylic oxidation sites excluding steroid dienone is 1. The third-order valence-corrected chi connectivity index (χ3v) is 7.15. The van der Waals surface area contributed by atoms with E-state index in [1.807, 2.05) is 19.1 Å². The summed E-state index contributed by atoms with van der Waals surface area (Å²) in [6, 6.07) is 9.99. The van der Waals surface area contributed by atoms with Gasteiger partial charge in [-0.05, 0) is 62.2 Å². The lowest BCUT2D eigenvalue weighted by molar-refractivity contribution is -0.139. The zero-order valence-corrected chi connectivity index (χ0v) is 24.0. The van der Waals surface area contributed by atoms with Crippen molar-refractivity contribution in [1.82, 2.24) is 4.57 Å². The van der Waals surface area contributed by atoms with Crippen molar-refractivity contribution in [3.8, 4) is 23.0 Å². The third-order valence-electron chi connectivity index (χ3n) is 6.16. The Morgan fingerprint density at radius 2 is 1.77 bits per heavy atom. The number of rotatable bonds is 11. The van der Waals surface area contributed by atoms with Crippen molar-refractivity contribution < 1.29 is 28.5 Å². The maximum atomic E-state index is 13.9. The van der Waals surface area contributed by atoms with Gasteiger partial charge in [0.2, 0.25) is 0 Å². The quantitative estimate of drug-likeness (QED) is 0.258. The summed E-state index contributed by atoms with van der Waals surface area (Å²) in [5, 5.41) is 0. The number of ether oxygens (including phenoxy) is 5. The summed E-state index contributed by atoms with van der Waals surface area (Å²) in [5.74, 6) is 1.62. The molecule has 3 aromatic rings. The van der Waals surface area contributed by atoms with Crippen LogP contribution in [0.5, 0.6) is 23.0 Å². The number of aromatic nitrogens is 1. The van der Waals surface area contributed by atoms with E-state index >= 15 is 0 Å². The first-order valence-corrected chi connectivity index (χ1v) is 13.6. The fraction of sp³-hybridized carbons (Fsp3) is 0.300. The minimum absolute atomic E-state index is 0.185. The van der Waals surface area contributed by atoms with Crippen LogP contribution in [0, 0.1) is 0 Å². The zero-order valence-electron chi connectivity index (χ0n) is 23.2. The second-order valence-corrected chi connectivity index (χ2v) is 9.66. The molecule has 1 aliphatic rings. The van der Waals surface area contributed by atoms with Crippen molar-refractivity contribution in [2.24, 2.45) is 4.99 Å². The summed E-state index contributed by atoms with van der Waals surface area (Å²) >= 11 is 1.24. The molecule has 2 aromatic carbocycles. The van der Waals surface area contributed by atoms with Gasteiger partial charge in [0.15, 0.2) is 27.8 Å². The molecule has 9 nitrogen and oxygen atoms in total. The molecular weight excluding hydrogens is 532 g/mol. The van der Waals surface area contributed by atoms with Gasteiger partial charge in [0.1, 0.15) is 6.61 Å². The lowest BCUT2D eigenvalue weighted by Gasteiger charge is -2.25. The number of carbonyl (C=O) groups excluding carboxylic acids is 1. The first kappa shape index (κ1) is 28.7. The van der Waals surface area contributed by atoms with Gasteiger partial charge in [-0.2, -0.15) is 0 Å². The Balaban J connectivity index is 1.92. The summed E-state index contributed by atoms with van der Waals surface area (Å²) < 4.78 is 29.7. The van der Waals surface area contributed by atoms with Gasteiger partial charge in [-0.15, -0.1) is 0 Å². The molecule has 1 aliphatic heterocycles. The van der Waals surface area contributed by atoms with Crippen molar-refractivity contribution in [2.45, 2.75) is 26.8 Å². The first-order valence-electron chi connectivity index (χ1n) is 12.8. The van der Waals surface area contributed by atoms with Crippen LogP contribution in [0.2, 0.25) is 0 Å². The molecule has 210 valence electrons. The second-order valence-electron chi connectivity index (χ2n) is 8.66. The van der Waals surface area contributed by atoms with E-state index in [2.05, 4.69) is 11.6 Å². The minimum atomic E-state index is -0.782. The summed E-state index contributed by atoms with van der Waals surface area (Å²) in [6.07, 6.45) is 3.41. The van der Waals surface area contributed by atoms with Crippen LogP contribution in [0.25, 0.3) is 6.08 Å².